The third kappa shape index (κ3) is 5.89. The van der Waals surface area contributed by atoms with Crippen molar-refractivity contribution in [1.29, 1.82) is 0 Å². The molecule has 0 bridgehead atoms. The monoisotopic (exact) mass is 327 g/mol. The molecule has 0 aliphatic heterocycles. The Balaban J connectivity index is 1.61. The molecule has 1 amide bonds. The molecule has 1 aromatic carbocycles. The highest BCUT2D eigenvalue weighted by atomic mass is 35.5. The standard InChI is InChI=1S/C16H22ClNO2S/c17-12-7-9-13(10-8-12)21-11-3-6-16(20)18-14-4-1-2-5-15(14)19/h7-10,14-15,19H,1-6,11H2,(H,18,20)/t14-,15-/m0/s1. The highest BCUT2D eigenvalue weighted by molar-refractivity contribution is 7.99. The minimum absolute atomic E-state index is 0.0461. The summed E-state index contributed by atoms with van der Waals surface area (Å²) >= 11 is 7.57. The Kier molecular flexibility index (Phi) is 6.87. The van der Waals surface area contributed by atoms with Gasteiger partial charge in [-0.3, -0.25) is 4.79 Å². The molecule has 1 fully saturated rings. The third-order valence-electron chi connectivity index (χ3n) is 3.71. The van der Waals surface area contributed by atoms with E-state index >= 15 is 0 Å². The van der Waals surface area contributed by atoms with Crippen LogP contribution in [0.2, 0.25) is 5.02 Å². The van der Waals surface area contributed by atoms with E-state index in [4.69, 9.17) is 11.6 Å². The first-order chi connectivity index (χ1) is 10.1. The van der Waals surface area contributed by atoms with E-state index < -0.39 is 0 Å². The molecule has 0 saturated heterocycles. The highest BCUT2D eigenvalue weighted by Crippen LogP contribution is 2.22. The predicted molar refractivity (Wildman–Crippen MR) is 87.8 cm³/mol. The van der Waals surface area contributed by atoms with Crippen LogP contribution in [0, 0.1) is 0 Å². The lowest BCUT2D eigenvalue weighted by molar-refractivity contribution is -0.123. The molecular weight excluding hydrogens is 306 g/mol. The number of nitrogens with one attached hydrogen (secondary N) is 1. The Bertz CT molecular complexity index is 452. The topological polar surface area (TPSA) is 49.3 Å². The van der Waals surface area contributed by atoms with E-state index in [-0.39, 0.29) is 18.1 Å². The van der Waals surface area contributed by atoms with Crippen LogP contribution in [0.3, 0.4) is 0 Å². The summed E-state index contributed by atoms with van der Waals surface area (Å²) in [7, 11) is 0. The normalized spacial score (nSPS) is 22.0. The molecule has 2 atom stereocenters. The lowest BCUT2D eigenvalue weighted by Crippen LogP contribution is -2.45. The molecule has 0 spiro atoms. The number of carbonyl (C=O) groups excluding carboxylic acids is 1. The Morgan fingerprint density at radius 3 is 2.71 bits per heavy atom. The molecule has 0 radical (unpaired) electrons. The van der Waals surface area contributed by atoms with Crippen molar-refractivity contribution in [3.63, 3.8) is 0 Å². The van der Waals surface area contributed by atoms with Gasteiger partial charge < -0.3 is 10.4 Å². The fraction of sp³-hybridized carbons (Fsp3) is 0.562. The minimum Gasteiger partial charge on any atom is -0.391 e. The average molecular weight is 328 g/mol. The Morgan fingerprint density at radius 2 is 2.00 bits per heavy atom. The smallest absolute Gasteiger partial charge is 0.220 e. The maximum Gasteiger partial charge on any atom is 0.220 e. The van der Waals surface area contributed by atoms with Gasteiger partial charge in [0.2, 0.25) is 5.91 Å². The fourth-order valence-corrected chi connectivity index (χ4v) is 3.49. The van der Waals surface area contributed by atoms with E-state index in [1.807, 2.05) is 24.3 Å². The van der Waals surface area contributed by atoms with Crippen molar-refractivity contribution in [2.24, 2.45) is 0 Å². The lowest BCUT2D eigenvalue weighted by Gasteiger charge is -2.28. The zero-order valence-electron chi connectivity index (χ0n) is 12.1. The predicted octanol–water partition coefficient (Wildman–Crippen LogP) is 3.63. The van der Waals surface area contributed by atoms with E-state index in [1.165, 1.54) is 4.90 Å². The van der Waals surface area contributed by atoms with Crippen LogP contribution in [0.4, 0.5) is 0 Å². The summed E-state index contributed by atoms with van der Waals surface area (Å²) < 4.78 is 0. The van der Waals surface area contributed by atoms with Crippen LogP contribution in [0.1, 0.15) is 38.5 Å². The van der Waals surface area contributed by atoms with Crippen LogP contribution < -0.4 is 5.32 Å². The average Bonchev–Trinajstić information content (AvgIpc) is 2.48. The first-order valence-corrected chi connectivity index (χ1v) is 8.87. The SMILES string of the molecule is O=C(CCCSc1ccc(Cl)cc1)N[C@H]1CCCC[C@@H]1O. The second-order valence-electron chi connectivity index (χ2n) is 5.43. The number of aliphatic hydroxyl groups excluding tert-OH is 1. The number of aliphatic hydroxyl groups is 1. The molecule has 2 rings (SSSR count). The zero-order chi connectivity index (χ0) is 15.1. The van der Waals surface area contributed by atoms with Gasteiger partial charge in [-0.15, -0.1) is 11.8 Å². The van der Waals surface area contributed by atoms with Crippen molar-refractivity contribution >= 4 is 29.3 Å². The number of carbonyl (C=O) groups is 1. The third-order valence-corrected chi connectivity index (χ3v) is 5.06. The number of benzene rings is 1. The van der Waals surface area contributed by atoms with E-state index in [1.54, 1.807) is 11.8 Å². The molecule has 0 heterocycles. The number of rotatable bonds is 6. The number of amides is 1. The van der Waals surface area contributed by atoms with E-state index in [0.29, 0.717) is 6.42 Å². The number of halogens is 1. The van der Waals surface area contributed by atoms with Crippen molar-refractivity contribution in [3.8, 4) is 0 Å². The molecule has 3 nitrogen and oxygen atoms in total. The summed E-state index contributed by atoms with van der Waals surface area (Å²) in [5, 5.41) is 13.5. The molecule has 5 heteroatoms. The van der Waals surface area contributed by atoms with E-state index in [0.717, 1.165) is 42.9 Å². The maximum atomic E-state index is 11.9. The fourth-order valence-electron chi connectivity index (χ4n) is 2.51. The first-order valence-electron chi connectivity index (χ1n) is 7.51. The second kappa shape index (κ2) is 8.66. The lowest BCUT2D eigenvalue weighted by atomic mass is 9.92. The highest BCUT2D eigenvalue weighted by Gasteiger charge is 2.23. The molecule has 1 aliphatic carbocycles. The Labute approximate surface area is 135 Å². The molecular formula is C16H22ClNO2S. The molecule has 21 heavy (non-hydrogen) atoms. The molecule has 116 valence electrons. The largest absolute Gasteiger partial charge is 0.391 e. The van der Waals surface area contributed by atoms with Crippen LogP contribution in [0.15, 0.2) is 29.2 Å². The summed E-state index contributed by atoms with van der Waals surface area (Å²) in [6.07, 6.45) is 4.83. The summed E-state index contributed by atoms with van der Waals surface area (Å²) in [5.41, 5.74) is 0. The van der Waals surface area contributed by atoms with Gasteiger partial charge in [0.05, 0.1) is 12.1 Å². The quantitative estimate of drug-likeness (QED) is 0.619. The Morgan fingerprint density at radius 1 is 1.29 bits per heavy atom. The van der Waals surface area contributed by atoms with Gasteiger partial charge in [0.1, 0.15) is 0 Å². The van der Waals surface area contributed by atoms with Crippen LogP contribution in [-0.2, 0) is 4.79 Å². The van der Waals surface area contributed by atoms with Crippen LogP contribution in [0.5, 0.6) is 0 Å². The van der Waals surface area contributed by atoms with Gasteiger partial charge in [0.15, 0.2) is 0 Å². The number of hydrogen-bond acceptors (Lipinski definition) is 3. The van der Waals surface area contributed by atoms with Crippen LogP contribution >= 0.6 is 23.4 Å². The minimum atomic E-state index is -0.369. The number of hydrogen-bond donors (Lipinski definition) is 2. The molecule has 1 aliphatic rings. The van der Waals surface area contributed by atoms with E-state index in [2.05, 4.69) is 5.32 Å². The van der Waals surface area contributed by atoms with Gasteiger partial charge in [-0.2, -0.15) is 0 Å². The Hall–Kier alpha value is -0.710. The molecule has 0 aromatic heterocycles. The van der Waals surface area contributed by atoms with Gasteiger partial charge in [0.25, 0.3) is 0 Å². The summed E-state index contributed by atoms with van der Waals surface area (Å²) in [5.74, 6) is 0.958. The van der Waals surface area contributed by atoms with E-state index in [9.17, 15) is 9.90 Å². The second-order valence-corrected chi connectivity index (χ2v) is 7.04. The number of thioether (sulfide) groups is 1. The van der Waals surface area contributed by atoms with Gasteiger partial charge in [0, 0.05) is 16.3 Å². The molecule has 2 N–H and O–H groups in total. The van der Waals surface area contributed by atoms with Gasteiger partial charge in [-0.25, -0.2) is 0 Å². The van der Waals surface area contributed by atoms with Gasteiger partial charge in [-0.1, -0.05) is 24.4 Å². The van der Waals surface area contributed by atoms with Crippen molar-refractivity contribution in [2.75, 3.05) is 5.75 Å². The maximum absolute atomic E-state index is 11.9. The summed E-state index contributed by atoms with van der Waals surface area (Å²) in [6, 6.07) is 7.69. The molecule has 1 aromatic rings. The van der Waals surface area contributed by atoms with Gasteiger partial charge in [-0.05, 0) is 49.3 Å². The van der Waals surface area contributed by atoms with Crippen LogP contribution in [-0.4, -0.2) is 28.9 Å². The van der Waals surface area contributed by atoms with Crippen molar-refractivity contribution in [2.45, 2.75) is 55.6 Å². The van der Waals surface area contributed by atoms with Crippen molar-refractivity contribution in [3.05, 3.63) is 29.3 Å². The van der Waals surface area contributed by atoms with Crippen LogP contribution in [0.25, 0.3) is 0 Å². The van der Waals surface area contributed by atoms with Crippen molar-refractivity contribution < 1.29 is 9.90 Å². The first kappa shape index (κ1) is 16.7. The summed E-state index contributed by atoms with van der Waals surface area (Å²) in [4.78, 5) is 13.0. The van der Waals surface area contributed by atoms with Crippen molar-refractivity contribution in [1.82, 2.24) is 5.32 Å². The molecule has 1 saturated carbocycles. The summed E-state index contributed by atoms with van der Waals surface area (Å²) in [6.45, 7) is 0. The molecule has 0 unspecified atom stereocenters. The zero-order valence-corrected chi connectivity index (χ0v) is 13.6. The van der Waals surface area contributed by atoms with Gasteiger partial charge >= 0.3 is 0 Å².